The van der Waals surface area contributed by atoms with Crippen molar-refractivity contribution in [2.45, 2.75) is 80.3 Å². The van der Waals surface area contributed by atoms with Crippen molar-refractivity contribution in [2.75, 3.05) is 25.1 Å². The van der Waals surface area contributed by atoms with Crippen LogP contribution in [0.2, 0.25) is 0 Å². The van der Waals surface area contributed by atoms with Crippen molar-refractivity contribution in [3.63, 3.8) is 0 Å². The highest BCUT2D eigenvalue weighted by molar-refractivity contribution is 8.00. The number of oxime groups is 1. The van der Waals surface area contributed by atoms with E-state index in [4.69, 9.17) is 24.2 Å². The van der Waals surface area contributed by atoms with Gasteiger partial charge in [0.15, 0.2) is 0 Å². The number of unbranched alkanes of at least 4 members (excludes halogenated alkanes) is 2. The van der Waals surface area contributed by atoms with E-state index in [0.717, 1.165) is 59.3 Å². The zero-order valence-electron chi connectivity index (χ0n) is 34.0. The van der Waals surface area contributed by atoms with Crippen LogP contribution >= 0.6 is 11.8 Å². The molecule has 2 aliphatic carbocycles. The maximum atomic E-state index is 11.8. The lowest BCUT2D eigenvalue weighted by atomic mass is 9.56. The lowest BCUT2D eigenvalue weighted by Crippen LogP contribution is -2.64. The van der Waals surface area contributed by atoms with Crippen LogP contribution in [0.15, 0.2) is 131 Å². The fraction of sp³-hybridized carbons (Fsp3) is 0.367. The van der Waals surface area contributed by atoms with Crippen LogP contribution in [0.4, 0.5) is 5.69 Å². The molecule has 1 amide bonds. The molecule has 1 saturated carbocycles. The maximum absolute atomic E-state index is 11.8. The number of rotatable bonds is 20. The van der Waals surface area contributed by atoms with Gasteiger partial charge in [0.2, 0.25) is 11.7 Å². The van der Waals surface area contributed by atoms with Crippen LogP contribution < -0.4 is 14.8 Å². The number of hydrogen-bond acceptors (Lipinski definition) is 10. The zero-order chi connectivity index (χ0) is 41.9. The molecule has 314 valence electrons. The van der Waals surface area contributed by atoms with Gasteiger partial charge in [-0.05, 0) is 103 Å². The maximum Gasteiger partial charge on any atom is 0.231 e. The normalized spacial score (nSPS) is 23.4. The van der Waals surface area contributed by atoms with Crippen molar-refractivity contribution in [3.8, 4) is 17.2 Å². The number of aldehydes is 1. The number of aliphatic hydroxyl groups is 2. The molecule has 3 N–H and O–H groups in total. The highest BCUT2D eigenvalue weighted by Crippen LogP contribution is 2.63. The van der Waals surface area contributed by atoms with Gasteiger partial charge in [-0.2, -0.15) is 0 Å². The van der Waals surface area contributed by atoms with Gasteiger partial charge < -0.3 is 34.6 Å². The summed E-state index contributed by atoms with van der Waals surface area (Å²) < 4.78 is 20.8. The Bertz CT molecular complexity index is 2160. The fourth-order valence-electron chi connectivity index (χ4n) is 9.02. The Balaban J connectivity index is 1.39. The molecule has 10 nitrogen and oxygen atoms in total. The van der Waals surface area contributed by atoms with Gasteiger partial charge in [0.05, 0.1) is 23.5 Å². The number of carbonyl (C=O) groups excluding carboxylic acids is 2. The number of hydrogen-bond donors (Lipinski definition) is 3. The number of thioether (sulfide) groups is 1. The summed E-state index contributed by atoms with van der Waals surface area (Å²) in [4.78, 5) is 30.6. The number of anilines is 1. The number of nitrogens with one attached hydrogen (secondary N) is 1. The molecule has 1 heterocycles. The quantitative estimate of drug-likeness (QED) is 0.0344. The van der Waals surface area contributed by atoms with E-state index in [0.29, 0.717) is 54.4 Å². The van der Waals surface area contributed by atoms with E-state index in [1.807, 2.05) is 72.8 Å². The molecule has 4 aromatic carbocycles. The number of aliphatic hydroxyl groups excluding tert-OH is 2. The minimum atomic E-state index is -1.18. The van der Waals surface area contributed by atoms with E-state index in [2.05, 4.69) is 24.0 Å². The Morgan fingerprint density at radius 3 is 2.45 bits per heavy atom. The molecule has 0 bridgehead atoms. The summed E-state index contributed by atoms with van der Waals surface area (Å²) in [6.45, 7) is 6.31. The SMILES string of the molecule is C=CCOC12Oc3ccc(Oc4cccc(C=O)c4)cc3C3C(CCCCO)C(CCCCO)C=C(C(=NOCc4ccccc4)CC1Sc1ccc(NC(C)=O)cc1)C32. The Hall–Kier alpha value is -5.20. The Kier molecular flexibility index (Phi) is 14.6. The number of allylic oxidation sites excluding steroid dienone is 1. The molecular formula is C49H54N2O8S. The molecular weight excluding hydrogens is 777 g/mol. The third-order valence-electron chi connectivity index (χ3n) is 11.6. The summed E-state index contributed by atoms with van der Waals surface area (Å²) >= 11 is 1.65. The monoisotopic (exact) mass is 830 g/mol. The van der Waals surface area contributed by atoms with Gasteiger partial charge in [-0.25, -0.2) is 0 Å². The zero-order valence-corrected chi connectivity index (χ0v) is 34.9. The standard InChI is InChI=1S/C49H54N2O8S/c1-3-26-56-49-46(60-40-21-18-37(19-22-40)50-33(2)55)30-44(51-57-32-34-12-5-4-6-13-34)42-28-36(15-7-9-24-52)41(17-8-10-25-53)47(48(42)49)43-29-39(20-23-45(43)59-49)58-38-16-11-14-35(27-38)31-54/h3-6,11-14,16,18-23,27-29,31,36,41,46-48,52-53H,1,7-10,15,17,24-26,30,32H2,2H3,(H,50,55). The number of ether oxygens (including phenoxy) is 3. The first-order valence-electron chi connectivity index (χ1n) is 20.9. The number of carbonyl (C=O) groups is 2. The van der Waals surface area contributed by atoms with Gasteiger partial charge in [0.25, 0.3) is 0 Å². The number of amides is 1. The molecule has 6 atom stereocenters. The molecule has 1 aliphatic heterocycles. The van der Waals surface area contributed by atoms with E-state index in [9.17, 15) is 19.8 Å². The predicted molar refractivity (Wildman–Crippen MR) is 235 cm³/mol. The van der Waals surface area contributed by atoms with Crippen LogP contribution in [0.1, 0.15) is 79.3 Å². The highest BCUT2D eigenvalue weighted by atomic mass is 32.2. The van der Waals surface area contributed by atoms with Crippen LogP contribution in [-0.2, 0) is 21.0 Å². The largest absolute Gasteiger partial charge is 0.460 e. The first kappa shape index (κ1) is 42.9. The average molecular weight is 831 g/mol. The van der Waals surface area contributed by atoms with Gasteiger partial charge in [-0.3, -0.25) is 9.59 Å². The van der Waals surface area contributed by atoms with E-state index in [-0.39, 0.29) is 54.6 Å². The van der Waals surface area contributed by atoms with E-state index < -0.39 is 5.79 Å². The topological polar surface area (TPSA) is 136 Å². The molecule has 7 rings (SSSR count). The van der Waals surface area contributed by atoms with Crippen molar-refractivity contribution in [1.82, 2.24) is 0 Å². The molecule has 0 spiro atoms. The van der Waals surface area contributed by atoms with E-state index in [1.165, 1.54) is 6.92 Å². The van der Waals surface area contributed by atoms with Gasteiger partial charge in [0, 0.05) is 54.2 Å². The lowest BCUT2D eigenvalue weighted by Gasteiger charge is -2.58. The van der Waals surface area contributed by atoms with Gasteiger partial charge in [-0.15, -0.1) is 18.3 Å². The molecule has 11 heteroatoms. The molecule has 0 radical (unpaired) electrons. The van der Waals surface area contributed by atoms with E-state index in [1.54, 1.807) is 36.0 Å². The number of nitrogens with zero attached hydrogens (tertiary/aromatic N) is 1. The lowest BCUT2D eigenvalue weighted by molar-refractivity contribution is -0.223. The van der Waals surface area contributed by atoms with Crippen molar-refractivity contribution < 1.29 is 38.9 Å². The number of benzene rings is 4. The summed E-state index contributed by atoms with van der Waals surface area (Å²) in [6.07, 6.45) is 10.2. The minimum absolute atomic E-state index is 0.107. The van der Waals surface area contributed by atoms with Crippen LogP contribution in [0.3, 0.4) is 0 Å². The predicted octanol–water partition coefficient (Wildman–Crippen LogP) is 9.88. The molecule has 0 aromatic heterocycles. The van der Waals surface area contributed by atoms with Crippen molar-refractivity contribution in [2.24, 2.45) is 22.9 Å². The second-order valence-electron chi connectivity index (χ2n) is 15.6. The van der Waals surface area contributed by atoms with Gasteiger partial charge in [-0.1, -0.05) is 72.6 Å². The smallest absolute Gasteiger partial charge is 0.231 e. The van der Waals surface area contributed by atoms with Gasteiger partial charge >= 0.3 is 0 Å². The second-order valence-corrected chi connectivity index (χ2v) is 16.9. The fourth-order valence-corrected chi connectivity index (χ4v) is 10.3. The number of fused-ring (bicyclic) bond motifs is 2. The Morgan fingerprint density at radius 2 is 1.72 bits per heavy atom. The van der Waals surface area contributed by atoms with Crippen molar-refractivity contribution >= 4 is 35.4 Å². The highest BCUT2D eigenvalue weighted by Gasteiger charge is 2.64. The third kappa shape index (κ3) is 9.87. The minimum Gasteiger partial charge on any atom is -0.460 e. The summed E-state index contributed by atoms with van der Waals surface area (Å²) in [5.74, 6) is 0.304. The van der Waals surface area contributed by atoms with Crippen LogP contribution in [0, 0.1) is 17.8 Å². The first-order chi connectivity index (χ1) is 29.3. The Morgan fingerprint density at radius 1 is 0.950 bits per heavy atom. The van der Waals surface area contributed by atoms with Crippen LogP contribution in [0.25, 0.3) is 0 Å². The van der Waals surface area contributed by atoms with E-state index >= 15 is 0 Å². The first-order valence-corrected chi connectivity index (χ1v) is 21.8. The summed E-state index contributed by atoms with van der Waals surface area (Å²) in [6, 6.07) is 30.8. The van der Waals surface area contributed by atoms with Gasteiger partial charge in [0.1, 0.15) is 30.1 Å². The molecule has 0 saturated heterocycles. The third-order valence-corrected chi connectivity index (χ3v) is 12.9. The second kappa shape index (κ2) is 20.4. The molecule has 1 fully saturated rings. The summed E-state index contributed by atoms with van der Waals surface area (Å²) in [7, 11) is 0. The van der Waals surface area contributed by atoms with Crippen LogP contribution in [-0.4, -0.2) is 59.0 Å². The molecule has 4 aromatic rings. The summed E-state index contributed by atoms with van der Waals surface area (Å²) in [5.41, 5.74) is 5.08. The molecule has 3 aliphatic rings. The van der Waals surface area contributed by atoms with Crippen LogP contribution in [0.5, 0.6) is 17.2 Å². The molecule has 6 unspecified atom stereocenters. The Labute approximate surface area is 356 Å². The summed E-state index contributed by atoms with van der Waals surface area (Å²) in [5, 5.41) is 27.3. The van der Waals surface area contributed by atoms with Crippen molar-refractivity contribution in [1.29, 1.82) is 0 Å². The molecule has 60 heavy (non-hydrogen) atoms. The average Bonchev–Trinajstić information content (AvgIpc) is 3.26. The van der Waals surface area contributed by atoms with Crippen molar-refractivity contribution in [3.05, 3.63) is 138 Å².